The maximum Gasteiger partial charge on any atom is 0.159 e. The quantitative estimate of drug-likeness (QED) is 0.892. The van der Waals surface area contributed by atoms with E-state index in [0.717, 1.165) is 18.4 Å². The monoisotopic (exact) mass is 273 g/mol. The van der Waals surface area contributed by atoms with E-state index < -0.39 is 11.6 Å². The van der Waals surface area contributed by atoms with Gasteiger partial charge in [-0.3, -0.25) is 0 Å². The van der Waals surface area contributed by atoms with E-state index in [0.29, 0.717) is 5.92 Å². The Balaban J connectivity index is 1.97. The molecule has 0 radical (unpaired) electrons. The van der Waals surface area contributed by atoms with E-state index in [2.05, 4.69) is 17.4 Å². The zero-order valence-electron chi connectivity index (χ0n) is 11.4. The lowest BCUT2D eigenvalue weighted by molar-refractivity contribution is 0.465. The topological polar surface area (TPSA) is 12.0 Å². The first-order valence-corrected chi connectivity index (χ1v) is 6.90. The molecular formula is C17H17F2N. The van der Waals surface area contributed by atoms with E-state index in [1.54, 1.807) is 6.07 Å². The fourth-order valence-corrected chi connectivity index (χ4v) is 3.24. The molecule has 0 heterocycles. The summed E-state index contributed by atoms with van der Waals surface area (Å²) in [5.41, 5.74) is 3.48. The number of nitrogens with one attached hydrogen (secondary N) is 1. The van der Waals surface area contributed by atoms with Crippen LogP contribution in [-0.4, -0.2) is 7.05 Å². The van der Waals surface area contributed by atoms with E-state index in [1.165, 1.54) is 23.3 Å². The highest BCUT2D eigenvalue weighted by Crippen LogP contribution is 2.41. The molecule has 0 bridgehead atoms. The SMILES string of the molecule is CNC(c1ccc(F)c(F)c1)C1CCc2ccccc21. The van der Waals surface area contributed by atoms with Crippen LogP contribution in [0.5, 0.6) is 0 Å². The van der Waals surface area contributed by atoms with Crippen molar-refractivity contribution in [3.63, 3.8) is 0 Å². The third-order valence-corrected chi connectivity index (χ3v) is 4.20. The van der Waals surface area contributed by atoms with Crippen molar-refractivity contribution in [3.05, 3.63) is 70.8 Å². The second-order valence-electron chi connectivity index (χ2n) is 5.28. The fraction of sp³-hybridized carbons (Fsp3) is 0.294. The molecule has 2 aromatic rings. The Kier molecular flexibility index (Phi) is 3.53. The van der Waals surface area contributed by atoms with Crippen molar-refractivity contribution in [1.82, 2.24) is 5.32 Å². The van der Waals surface area contributed by atoms with Crippen molar-refractivity contribution in [2.75, 3.05) is 7.05 Å². The van der Waals surface area contributed by atoms with Gasteiger partial charge in [-0.1, -0.05) is 30.3 Å². The molecule has 0 spiro atoms. The zero-order valence-corrected chi connectivity index (χ0v) is 11.4. The lowest BCUT2D eigenvalue weighted by atomic mass is 9.88. The van der Waals surface area contributed by atoms with Gasteiger partial charge in [0.1, 0.15) is 0 Å². The normalized spacial score (nSPS) is 18.9. The van der Waals surface area contributed by atoms with E-state index in [4.69, 9.17) is 0 Å². The molecule has 0 saturated heterocycles. The summed E-state index contributed by atoms with van der Waals surface area (Å²) in [6, 6.07) is 12.6. The maximum absolute atomic E-state index is 13.5. The molecule has 1 N–H and O–H groups in total. The van der Waals surface area contributed by atoms with E-state index in [1.807, 2.05) is 19.2 Å². The van der Waals surface area contributed by atoms with E-state index in [9.17, 15) is 8.78 Å². The molecule has 0 aliphatic heterocycles. The summed E-state index contributed by atoms with van der Waals surface area (Å²) >= 11 is 0. The van der Waals surface area contributed by atoms with Gasteiger partial charge in [0.25, 0.3) is 0 Å². The van der Waals surface area contributed by atoms with Crippen LogP contribution in [0.25, 0.3) is 0 Å². The minimum atomic E-state index is -0.796. The minimum Gasteiger partial charge on any atom is -0.312 e. The largest absolute Gasteiger partial charge is 0.312 e. The molecular weight excluding hydrogens is 256 g/mol. The van der Waals surface area contributed by atoms with Gasteiger partial charge in [-0.05, 0) is 48.7 Å². The van der Waals surface area contributed by atoms with Crippen LogP contribution in [0.3, 0.4) is 0 Å². The second kappa shape index (κ2) is 5.33. The Hall–Kier alpha value is -1.74. The Morgan fingerprint density at radius 2 is 1.90 bits per heavy atom. The Bertz CT molecular complexity index is 624. The fourth-order valence-electron chi connectivity index (χ4n) is 3.24. The van der Waals surface area contributed by atoms with Crippen LogP contribution in [0, 0.1) is 11.6 Å². The Morgan fingerprint density at radius 1 is 1.10 bits per heavy atom. The molecule has 3 heteroatoms. The van der Waals surface area contributed by atoms with E-state index in [-0.39, 0.29) is 6.04 Å². The van der Waals surface area contributed by atoms with Crippen LogP contribution in [-0.2, 0) is 6.42 Å². The van der Waals surface area contributed by atoms with Crippen LogP contribution in [0.1, 0.15) is 35.1 Å². The molecule has 2 aromatic carbocycles. The third-order valence-electron chi connectivity index (χ3n) is 4.20. The summed E-state index contributed by atoms with van der Waals surface area (Å²) in [5.74, 6) is -1.27. The van der Waals surface area contributed by atoms with Gasteiger partial charge in [-0.15, -0.1) is 0 Å². The zero-order chi connectivity index (χ0) is 14.1. The molecule has 0 saturated carbocycles. The lowest BCUT2D eigenvalue weighted by Gasteiger charge is -2.24. The summed E-state index contributed by atoms with van der Waals surface area (Å²) in [7, 11) is 1.87. The van der Waals surface area contributed by atoms with Crippen LogP contribution in [0.15, 0.2) is 42.5 Å². The molecule has 3 rings (SSSR count). The number of likely N-dealkylation sites (N-methyl/N-ethyl adjacent to an activating group) is 1. The number of aryl methyl sites for hydroxylation is 1. The standard InChI is InChI=1S/C17H17F2N/c1-20-17(12-7-9-15(18)16(19)10-12)14-8-6-11-4-2-3-5-13(11)14/h2-5,7,9-10,14,17,20H,6,8H2,1H3. The summed E-state index contributed by atoms with van der Waals surface area (Å²) in [6.07, 6.45) is 2.08. The predicted molar refractivity (Wildman–Crippen MR) is 75.7 cm³/mol. The molecule has 1 aliphatic carbocycles. The highest BCUT2D eigenvalue weighted by molar-refractivity contribution is 5.38. The Morgan fingerprint density at radius 3 is 2.65 bits per heavy atom. The highest BCUT2D eigenvalue weighted by Gasteiger charge is 2.30. The number of benzene rings is 2. The number of halogens is 2. The third kappa shape index (κ3) is 2.22. The van der Waals surface area contributed by atoms with Crippen molar-refractivity contribution in [3.8, 4) is 0 Å². The molecule has 2 atom stereocenters. The van der Waals surface area contributed by atoms with Gasteiger partial charge in [0, 0.05) is 12.0 Å². The maximum atomic E-state index is 13.5. The number of hydrogen-bond acceptors (Lipinski definition) is 1. The molecule has 0 fully saturated rings. The molecule has 20 heavy (non-hydrogen) atoms. The van der Waals surface area contributed by atoms with Gasteiger partial charge in [0.2, 0.25) is 0 Å². The predicted octanol–water partition coefficient (Wildman–Crippen LogP) is 3.96. The average molecular weight is 273 g/mol. The Labute approximate surface area is 117 Å². The van der Waals surface area contributed by atoms with Gasteiger partial charge < -0.3 is 5.32 Å². The van der Waals surface area contributed by atoms with E-state index >= 15 is 0 Å². The van der Waals surface area contributed by atoms with Gasteiger partial charge in [-0.25, -0.2) is 8.78 Å². The highest BCUT2D eigenvalue weighted by atomic mass is 19.2. The molecule has 2 unspecified atom stereocenters. The van der Waals surface area contributed by atoms with Crippen molar-refractivity contribution in [2.24, 2.45) is 0 Å². The molecule has 1 nitrogen and oxygen atoms in total. The van der Waals surface area contributed by atoms with Gasteiger partial charge >= 0.3 is 0 Å². The average Bonchev–Trinajstić information content (AvgIpc) is 2.88. The first kappa shape index (κ1) is 13.3. The van der Waals surface area contributed by atoms with Crippen molar-refractivity contribution in [1.29, 1.82) is 0 Å². The first-order chi connectivity index (χ1) is 9.70. The summed E-state index contributed by atoms with van der Waals surface area (Å²) in [6.45, 7) is 0. The lowest BCUT2D eigenvalue weighted by Crippen LogP contribution is -2.23. The number of fused-ring (bicyclic) bond motifs is 1. The molecule has 0 amide bonds. The first-order valence-electron chi connectivity index (χ1n) is 6.90. The van der Waals surface area contributed by atoms with Crippen molar-refractivity contribution < 1.29 is 8.78 Å². The van der Waals surface area contributed by atoms with Crippen LogP contribution >= 0.6 is 0 Å². The van der Waals surface area contributed by atoms with Gasteiger partial charge in [0.15, 0.2) is 11.6 Å². The van der Waals surface area contributed by atoms with Crippen molar-refractivity contribution >= 4 is 0 Å². The number of rotatable bonds is 3. The molecule has 0 aromatic heterocycles. The summed E-state index contributed by atoms with van der Waals surface area (Å²) < 4.78 is 26.5. The smallest absolute Gasteiger partial charge is 0.159 e. The molecule has 104 valence electrons. The molecule has 1 aliphatic rings. The van der Waals surface area contributed by atoms with Crippen molar-refractivity contribution in [2.45, 2.75) is 24.8 Å². The summed E-state index contributed by atoms with van der Waals surface area (Å²) in [4.78, 5) is 0. The van der Waals surface area contributed by atoms with Crippen LogP contribution < -0.4 is 5.32 Å². The van der Waals surface area contributed by atoms with Gasteiger partial charge in [-0.2, -0.15) is 0 Å². The van der Waals surface area contributed by atoms with Crippen LogP contribution in [0.4, 0.5) is 8.78 Å². The minimum absolute atomic E-state index is 0.00810. The summed E-state index contributed by atoms with van der Waals surface area (Å²) in [5, 5.41) is 3.26. The number of hydrogen-bond donors (Lipinski definition) is 1. The van der Waals surface area contributed by atoms with Gasteiger partial charge in [0.05, 0.1) is 0 Å². The van der Waals surface area contributed by atoms with Crippen LogP contribution in [0.2, 0.25) is 0 Å². The second-order valence-corrected chi connectivity index (χ2v) is 5.28.